The van der Waals surface area contributed by atoms with Gasteiger partial charge >= 0.3 is 18.0 Å². The zero-order valence-electron chi connectivity index (χ0n) is 22.8. The van der Waals surface area contributed by atoms with E-state index in [4.69, 9.17) is 18.9 Å². The van der Waals surface area contributed by atoms with E-state index in [1.54, 1.807) is 71.9 Å². The second-order valence-electron chi connectivity index (χ2n) is 11.0. The number of amides is 1. The van der Waals surface area contributed by atoms with Gasteiger partial charge in [0.15, 0.2) is 17.8 Å². The minimum Gasteiger partial charge on any atom is -0.489 e. The highest BCUT2D eigenvalue weighted by Crippen LogP contribution is 2.35. The average molecular weight is 526 g/mol. The Morgan fingerprint density at radius 3 is 2.39 bits per heavy atom. The molecule has 38 heavy (non-hydrogen) atoms. The van der Waals surface area contributed by atoms with Gasteiger partial charge in [0.1, 0.15) is 11.2 Å². The summed E-state index contributed by atoms with van der Waals surface area (Å²) in [5.74, 6) is -0.712. The van der Waals surface area contributed by atoms with Gasteiger partial charge in [0.05, 0.1) is 17.7 Å². The third kappa shape index (κ3) is 8.06. The minimum absolute atomic E-state index is 0.0870. The number of carbonyl (C=O) groups excluding carboxylic acids is 4. The standard InChI is InChI=1S/C29H35NO8/c1-28(2,3)37-24(32)14-10-18-9-13-23-25(22(18)17-31)35-15-7-8-19-16-20(11-12-21(19)26(33)36-23)30-27(34)38-29(4,5)6/h9,11-13,16-17H,7-8,10,14-15H2,1-6H3,(H,30,34). The number of nitrogens with one attached hydrogen (secondary N) is 1. The molecule has 1 N–H and O–H groups in total. The molecule has 0 radical (unpaired) electrons. The van der Waals surface area contributed by atoms with Gasteiger partial charge in [0, 0.05) is 12.1 Å². The van der Waals surface area contributed by atoms with Gasteiger partial charge in [-0.3, -0.25) is 14.9 Å². The summed E-state index contributed by atoms with van der Waals surface area (Å²) < 4.78 is 22.2. The van der Waals surface area contributed by atoms with Crippen LogP contribution in [0.4, 0.5) is 10.5 Å². The molecule has 9 nitrogen and oxygen atoms in total. The van der Waals surface area contributed by atoms with E-state index in [0.717, 1.165) is 0 Å². The van der Waals surface area contributed by atoms with Crippen molar-refractivity contribution in [2.45, 2.75) is 78.4 Å². The van der Waals surface area contributed by atoms with Crippen LogP contribution in [-0.2, 0) is 27.1 Å². The molecular formula is C29H35NO8. The zero-order chi connectivity index (χ0) is 28.1. The van der Waals surface area contributed by atoms with Gasteiger partial charge in [-0.25, -0.2) is 9.59 Å². The lowest BCUT2D eigenvalue weighted by molar-refractivity contribution is -0.154. The first-order valence-corrected chi connectivity index (χ1v) is 12.6. The lowest BCUT2D eigenvalue weighted by Crippen LogP contribution is -2.27. The number of aryl methyl sites for hydroxylation is 2. The number of carbonyl (C=O) groups is 4. The molecule has 0 saturated carbocycles. The Labute approximate surface area is 222 Å². The van der Waals surface area contributed by atoms with E-state index < -0.39 is 23.3 Å². The number of benzene rings is 2. The number of esters is 2. The summed E-state index contributed by atoms with van der Waals surface area (Å²) in [6.45, 7) is 10.9. The molecule has 2 aromatic carbocycles. The first kappa shape index (κ1) is 28.7. The first-order valence-electron chi connectivity index (χ1n) is 12.6. The van der Waals surface area contributed by atoms with E-state index in [2.05, 4.69) is 5.32 Å². The maximum absolute atomic E-state index is 13.1. The lowest BCUT2D eigenvalue weighted by Gasteiger charge is -2.21. The summed E-state index contributed by atoms with van der Waals surface area (Å²) in [5.41, 5.74) is 1.09. The van der Waals surface area contributed by atoms with Crippen molar-refractivity contribution in [3.05, 3.63) is 52.6 Å². The Hall–Kier alpha value is -3.88. The smallest absolute Gasteiger partial charge is 0.412 e. The topological polar surface area (TPSA) is 117 Å². The third-order valence-electron chi connectivity index (χ3n) is 5.40. The number of hydrogen-bond donors (Lipinski definition) is 1. The minimum atomic E-state index is -0.644. The van der Waals surface area contributed by atoms with Crippen molar-refractivity contribution in [1.29, 1.82) is 0 Å². The second-order valence-corrected chi connectivity index (χ2v) is 11.0. The molecule has 0 unspecified atom stereocenters. The summed E-state index contributed by atoms with van der Waals surface area (Å²) in [7, 11) is 0. The molecule has 2 aromatic rings. The average Bonchev–Trinajstić information content (AvgIpc) is 2.78. The van der Waals surface area contributed by atoms with Crippen molar-refractivity contribution in [2.75, 3.05) is 11.9 Å². The van der Waals surface area contributed by atoms with Crippen LogP contribution < -0.4 is 14.8 Å². The fourth-order valence-corrected chi connectivity index (χ4v) is 3.92. The molecule has 0 aliphatic carbocycles. The van der Waals surface area contributed by atoms with Crippen LogP contribution in [-0.4, -0.2) is 42.1 Å². The largest absolute Gasteiger partial charge is 0.489 e. The van der Waals surface area contributed by atoms with Gasteiger partial charge in [-0.1, -0.05) is 6.07 Å². The Kier molecular flexibility index (Phi) is 8.81. The summed E-state index contributed by atoms with van der Waals surface area (Å²) in [4.78, 5) is 49.5. The van der Waals surface area contributed by atoms with E-state index in [1.807, 2.05) is 0 Å². The number of rotatable bonds is 5. The Morgan fingerprint density at radius 2 is 1.74 bits per heavy atom. The van der Waals surface area contributed by atoms with Crippen LogP contribution in [0.25, 0.3) is 0 Å². The fraction of sp³-hybridized carbons (Fsp3) is 0.448. The molecule has 1 amide bonds. The van der Waals surface area contributed by atoms with Crippen molar-refractivity contribution in [2.24, 2.45) is 0 Å². The summed E-state index contributed by atoms with van der Waals surface area (Å²) in [5, 5.41) is 2.68. The number of aldehydes is 1. The first-order chi connectivity index (χ1) is 17.8. The van der Waals surface area contributed by atoms with Gasteiger partial charge in [0.25, 0.3) is 0 Å². The maximum atomic E-state index is 13.1. The van der Waals surface area contributed by atoms with Crippen molar-refractivity contribution >= 4 is 30.0 Å². The highest BCUT2D eigenvalue weighted by atomic mass is 16.6. The van der Waals surface area contributed by atoms with Crippen LogP contribution in [0.3, 0.4) is 0 Å². The van der Waals surface area contributed by atoms with Gasteiger partial charge in [-0.05, 0) is 96.2 Å². The SMILES string of the molecule is CC(C)(C)OC(=O)CCc1ccc2c(c1C=O)OCCCc1cc(NC(=O)OC(C)(C)C)ccc1C(=O)O2. The molecule has 9 heteroatoms. The highest BCUT2D eigenvalue weighted by molar-refractivity contribution is 5.95. The molecule has 1 aliphatic rings. The zero-order valence-corrected chi connectivity index (χ0v) is 22.8. The van der Waals surface area contributed by atoms with Crippen molar-refractivity contribution in [1.82, 2.24) is 0 Å². The monoisotopic (exact) mass is 525 g/mol. The Balaban J connectivity index is 1.82. The summed E-state index contributed by atoms with van der Waals surface area (Å²) in [6.07, 6.45) is 1.41. The Morgan fingerprint density at radius 1 is 1.03 bits per heavy atom. The predicted octanol–water partition coefficient (Wildman–Crippen LogP) is 5.66. The summed E-state index contributed by atoms with van der Waals surface area (Å²) >= 11 is 0. The van der Waals surface area contributed by atoms with Crippen molar-refractivity contribution in [3.63, 3.8) is 0 Å². The maximum Gasteiger partial charge on any atom is 0.412 e. The molecule has 0 aromatic heterocycles. The van der Waals surface area contributed by atoms with Crippen LogP contribution in [0.5, 0.6) is 11.5 Å². The van der Waals surface area contributed by atoms with Gasteiger partial charge < -0.3 is 18.9 Å². The molecule has 3 rings (SSSR count). The molecule has 1 heterocycles. The molecular weight excluding hydrogens is 490 g/mol. The quantitative estimate of drug-likeness (QED) is 0.302. The number of anilines is 1. The van der Waals surface area contributed by atoms with Gasteiger partial charge in [-0.15, -0.1) is 0 Å². The van der Waals surface area contributed by atoms with Crippen LogP contribution >= 0.6 is 0 Å². The van der Waals surface area contributed by atoms with Crippen molar-refractivity contribution < 1.29 is 38.1 Å². The van der Waals surface area contributed by atoms with Gasteiger partial charge in [0.2, 0.25) is 0 Å². The van der Waals surface area contributed by atoms with E-state index in [0.29, 0.717) is 41.5 Å². The van der Waals surface area contributed by atoms with E-state index in [9.17, 15) is 19.2 Å². The highest BCUT2D eigenvalue weighted by Gasteiger charge is 2.24. The van der Waals surface area contributed by atoms with Crippen molar-refractivity contribution in [3.8, 4) is 11.5 Å². The number of fused-ring (bicyclic) bond motifs is 2. The van der Waals surface area contributed by atoms with Crippen LogP contribution in [0.2, 0.25) is 0 Å². The molecule has 204 valence electrons. The second kappa shape index (κ2) is 11.7. The van der Waals surface area contributed by atoms with Gasteiger partial charge in [-0.2, -0.15) is 0 Å². The molecule has 1 aliphatic heterocycles. The normalized spacial score (nSPS) is 13.7. The van der Waals surface area contributed by atoms with E-state index in [1.165, 1.54) is 0 Å². The predicted molar refractivity (Wildman–Crippen MR) is 141 cm³/mol. The van der Waals surface area contributed by atoms with Crippen LogP contribution in [0.1, 0.15) is 86.2 Å². The number of hydrogen-bond acceptors (Lipinski definition) is 8. The molecule has 0 saturated heterocycles. The lowest BCUT2D eigenvalue weighted by atomic mass is 10.0. The van der Waals surface area contributed by atoms with E-state index in [-0.39, 0.29) is 42.5 Å². The Bertz CT molecular complexity index is 1220. The van der Waals surface area contributed by atoms with Crippen LogP contribution in [0.15, 0.2) is 30.3 Å². The summed E-state index contributed by atoms with van der Waals surface area (Å²) in [6, 6.07) is 8.10. The fourth-order valence-electron chi connectivity index (χ4n) is 3.92. The molecule has 0 spiro atoms. The number of ether oxygens (including phenoxy) is 4. The molecule has 0 fully saturated rings. The van der Waals surface area contributed by atoms with E-state index >= 15 is 0 Å². The molecule has 0 bridgehead atoms. The van der Waals surface area contributed by atoms with Crippen LogP contribution in [0, 0.1) is 0 Å². The molecule has 0 atom stereocenters. The third-order valence-corrected chi connectivity index (χ3v) is 5.40.